The minimum atomic E-state index is -4.12. The summed E-state index contributed by atoms with van der Waals surface area (Å²) in [6.45, 7) is 9.36. The van der Waals surface area contributed by atoms with E-state index in [1.54, 1.807) is 52.2 Å². The van der Waals surface area contributed by atoms with Gasteiger partial charge < -0.3 is 9.64 Å². The van der Waals surface area contributed by atoms with Crippen molar-refractivity contribution in [3.8, 4) is 11.3 Å². The van der Waals surface area contributed by atoms with Gasteiger partial charge in [-0.1, -0.05) is 26.0 Å². The molecule has 0 unspecified atom stereocenters. The van der Waals surface area contributed by atoms with Gasteiger partial charge in [0.25, 0.3) is 10.0 Å². The molecule has 2 aromatic heterocycles. The molecule has 0 saturated carbocycles. The number of hydrogen-bond acceptors (Lipinski definition) is 6. The van der Waals surface area contributed by atoms with Crippen LogP contribution in [0, 0.1) is 5.82 Å². The van der Waals surface area contributed by atoms with E-state index in [-0.39, 0.29) is 27.9 Å². The highest BCUT2D eigenvalue weighted by Gasteiger charge is 2.26. The van der Waals surface area contributed by atoms with Crippen LogP contribution in [0.2, 0.25) is 0 Å². The Bertz CT molecular complexity index is 1310. The zero-order valence-corrected chi connectivity index (χ0v) is 22.3. The summed E-state index contributed by atoms with van der Waals surface area (Å²) >= 11 is 1.49. The molecule has 2 heterocycles. The lowest BCUT2D eigenvalue weighted by Crippen LogP contribution is -2.33. The number of pyridine rings is 1. The fourth-order valence-corrected chi connectivity index (χ4v) is 5.63. The number of nitrogens with zero attached hydrogens (tertiary/aromatic N) is 3. The molecule has 0 aliphatic rings. The van der Waals surface area contributed by atoms with Crippen LogP contribution in [0.25, 0.3) is 11.3 Å². The summed E-state index contributed by atoms with van der Waals surface area (Å²) in [6, 6.07) is 9.08. The van der Waals surface area contributed by atoms with E-state index in [9.17, 15) is 17.6 Å². The number of ether oxygens (including phenoxy) is 1. The minimum Gasteiger partial charge on any atom is -0.444 e. The van der Waals surface area contributed by atoms with Crippen LogP contribution in [0.4, 0.5) is 9.18 Å². The van der Waals surface area contributed by atoms with E-state index in [0.717, 1.165) is 3.97 Å². The van der Waals surface area contributed by atoms with Crippen LogP contribution in [0.5, 0.6) is 0 Å². The molecule has 0 N–H and O–H groups in total. The molecule has 10 heteroatoms. The summed E-state index contributed by atoms with van der Waals surface area (Å²) in [6.07, 6.45) is 3.73. The van der Waals surface area contributed by atoms with Crippen molar-refractivity contribution in [2.24, 2.45) is 0 Å². The molecule has 188 valence electrons. The van der Waals surface area contributed by atoms with Gasteiger partial charge in [0.1, 0.15) is 16.3 Å². The molecule has 3 aromatic rings. The first kappa shape index (κ1) is 26.7. The molecule has 0 spiro atoms. The average molecular weight is 520 g/mol. The van der Waals surface area contributed by atoms with Gasteiger partial charge >= 0.3 is 6.09 Å². The van der Waals surface area contributed by atoms with Gasteiger partial charge in [0.2, 0.25) is 0 Å². The Hall–Kier alpha value is -2.85. The normalized spacial score (nSPS) is 12.1. The van der Waals surface area contributed by atoms with Crippen LogP contribution in [0.3, 0.4) is 0 Å². The maximum absolute atomic E-state index is 14.7. The summed E-state index contributed by atoms with van der Waals surface area (Å²) in [4.78, 5) is 18.6. The molecule has 7 nitrogen and oxygen atoms in total. The van der Waals surface area contributed by atoms with Crippen LogP contribution >= 0.6 is 11.8 Å². The molecular formula is C25H30FN3O4S2. The quantitative estimate of drug-likeness (QED) is 0.367. The van der Waals surface area contributed by atoms with Crippen molar-refractivity contribution in [1.82, 2.24) is 13.9 Å². The number of aromatic nitrogens is 2. The Morgan fingerprint density at radius 2 is 1.89 bits per heavy atom. The minimum absolute atomic E-state index is 0.0108. The molecular weight excluding hydrogens is 489 g/mol. The van der Waals surface area contributed by atoms with Crippen LogP contribution in [0.1, 0.15) is 40.2 Å². The van der Waals surface area contributed by atoms with Crippen molar-refractivity contribution in [1.29, 1.82) is 0 Å². The number of carbonyl (C=O) groups is 1. The summed E-state index contributed by atoms with van der Waals surface area (Å²) < 4.78 is 48.5. The smallest absolute Gasteiger partial charge is 0.410 e. The van der Waals surface area contributed by atoms with Gasteiger partial charge in [-0.15, -0.1) is 11.8 Å². The zero-order valence-electron chi connectivity index (χ0n) is 20.6. The Morgan fingerprint density at radius 1 is 1.20 bits per heavy atom. The van der Waals surface area contributed by atoms with Crippen molar-refractivity contribution < 1.29 is 22.3 Å². The lowest BCUT2D eigenvalue weighted by Gasteiger charge is -2.24. The third-order valence-corrected chi connectivity index (χ3v) is 7.34. The van der Waals surface area contributed by atoms with Crippen molar-refractivity contribution in [2.45, 2.75) is 61.8 Å². The number of carbonyl (C=O) groups excluding carboxylic acids is 1. The second-order valence-electron chi connectivity index (χ2n) is 9.37. The van der Waals surface area contributed by atoms with Crippen molar-refractivity contribution in [3.63, 3.8) is 0 Å². The number of hydrogen-bond donors (Lipinski definition) is 0. The lowest BCUT2D eigenvalue weighted by molar-refractivity contribution is 0.0285. The van der Waals surface area contributed by atoms with Crippen molar-refractivity contribution >= 4 is 27.9 Å². The predicted octanol–water partition coefficient (Wildman–Crippen LogP) is 5.79. The van der Waals surface area contributed by atoms with Gasteiger partial charge in [-0.25, -0.2) is 21.6 Å². The van der Waals surface area contributed by atoms with E-state index in [1.807, 2.05) is 13.8 Å². The second-order valence-corrected chi connectivity index (χ2v) is 12.8. The van der Waals surface area contributed by atoms with E-state index in [1.165, 1.54) is 47.3 Å². The van der Waals surface area contributed by atoms with Crippen LogP contribution in [-0.4, -0.2) is 46.3 Å². The maximum atomic E-state index is 14.7. The van der Waals surface area contributed by atoms with Gasteiger partial charge in [-0.2, -0.15) is 0 Å². The topological polar surface area (TPSA) is 81.5 Å². The van der Waals surface area contributed by atoms with E-state index in [2.05, 4.69) is 4.98 Å². The first-order valence-electron chi connectivity index (χ1n) is 11.1. The third kappa shape index (κ3) is 6.64. The standard InChI is InChI=1S/C25H30FN3O4S2/c1-17(2)34-19-12-20(14-27-13-19)35(31,32)29-16-18(15-28(6)24(30)33-25(3,4)5)11-23(29)21-9-7-8-10-22(21)26/h7-14,16-17H,15H2,1-6H3. The van der Waals surface area contributed by atoms with Gasteiger partial charge in [0, 0.05) is 41.3 Å². The molecule has 35 heavy (non-hydrogen) atoms. The van der Waals surface area contributed by atoms with Gasteiger partial charge in [0.15, 0.2) is 0 Å². The highest BCUT2D eigenvalue weighted by Crippen LogP contribution is 2.31. The summed E-state index contributed by atoms with van der Waals surface area (Å²) in [5, 5.41) is 0.241. The number of benzene rings is 1. The Balaban J connectivity index is 2.07. The molecule has 1 amide bonds. The van der Waals surface area contributed by atoms with Gasteiger partial charge in [-0.05, 0) is 50.6 Å². The highest BCUT2D eigenvalue weighted by molar-refractivity contribution is 8.00. The van der Waals surface area contributed by atoms with Crippen LogP contribution < -0.4 is 0 Å². The van der Waals surface area contributed by atoms with Gasteiger partial charge in [0.05, 0.1) is 12.2 Å². The maximum Gasteiger partial charge on any atom is 0.410 e. The van der Waals surface area contributed by atoms with Crippen molar-refractivity contribution in [3.05, 3.63) is 66.4 Å². The molecule has 0 bridgehead atoms. The zero-order chi connectivity index (χ0) is 26.0. The van der Waals surface area contributed by atoms with Crippen molar-refractivity contribution in [2.75, 3.05) is 7.05 Å². The number of thioether (sulfide) groups is 1. The highest BCUT2D eigenvalue weighted by atomic mass is 32.2. The molecule has 0 aliphatic carbocycles. The first-order valence-corrected chi connectivity index (χ1v) is 13.4. The van der Waals surface area contributed by atoms with Crippen LogP contribution in [0.15, 0.2) is 64.8 Å². The Morgan fingerprint density at radius 3 is 2.51 bits per heavy atom. The summed E-state index contributed by atoms with van der Waals surface area (Å²) in [5.41, 5.74) is 0.103. The molecule has 0 radical (unpaired) electrons. The SMILES string of the molecule is CC(C)Sc1cncc(S(=O)(=O)n2cc(CN(C)C(=O)OC(C)(C)C)cc2-c2ccccc2F)c1. The summed E-state index contributed by atoms with van der Waals surface area (Å²) in [5.74, 6) is -0.559. The molecule has 0 atom stereocenters. The monoisotopic (exact) mass is 519 g/mol. The van der Waals surface area contributed by atoms with E-state index >= 15 is 0 Å². The molecule has 3 rings (SSSR count). The average Bonchev–Trinajstić information content (AvgIpc) is 3.17. The summed E-state index contributed by atoms with van der Waals surface area (Å²) in [7, 11) is -2.56. The first-order chi connectivity index (χ1) is 16.3. The van der Waals surface area contributed by atoms with Gasteiger partial charge in [-0.3, -0.25) is 4.98 Å². The van der Waals surface area contributed by atoms with E-state index < -0.39 is 27.5 Å². The number of amides is 1. The largest absolute Gasteiger partial charge is 0.444 e. The van der Waals surface area contributed by atoms with E-state index in [0.29, 0.717) is 10.5 Å². The fourth-order valence-electron chi connectivity index (χ4n) is 3.32. The molecule has 1 aromatic carbocycles. The Labute approximate surface area is 210 Å². The molecule has 0 aliphatic heterocycles. The third-order valence-electron chi connectivity index (χ3n) is 4.73. The Kier molecular flexibility index (Phi) is 7.96. The number of halogens is 1. The molecule has 0 fully saturated rings. The number of rotatable bonds is 7. The molecule has 0 saturated heterocycles. The lowest BCUT2D eigenvalue weighted by atomic mass is 10.1. The predicted molar refractivity (Wildman–Crippen MR) is 135 cm³/mol. The van der Waals surface area contributed by atoms with Crippen LogP contribution in [-0.2, 0) is 21.3 Å². The second kappa shape index (κ2) is 10.4. The fraction of sp³-hybridized carbons (Fsp3) is 0.360. The van der Waals surface area contributed by atoms with E-state index in [4.69, 9.17) is 4.74 Å².